The van der Waals surface area contributed by atoms with Crippen molar-refractivity contribution in [2.75, 3.05) is 13.7 Å². The highest BCUT2D eigenvalue weighted by atomic mass is 32.2. The van der Waals surface area contributed by atoms with E-state index in [-0.39, 0.29) is 4.90 Å². The molecule has 0 bridgehead atoms. The lowest BCUT2D eigenvalue weighted by atomic mass is 10.2. The molecule has 0 spiro atoms. The first-order chi connectivity index (χ1) is 12.5. The third-order valence-corrected chi connectivity index (χ3v) is 5.94. The SMILES string of the molecule is CCCOc1cc(S(=O)(=O)/N=C/c2cc3ccccc3s2)ccc1OC. The van der Waals surface area contributed by atoms with Gasteiger partial charge in [-0.05, 0) is 36.1 Å². The summed E-state index contributed by atoms with van der Waals surface area (Å²) in [6.45, 7) is 2.45. The van der Waals surface area contributed by atoms with Gasteiger partial charge in [0.05, 0.1) is 24.8 Å². The average Bonchev–Trinajstić information content (AvgIpc) is 3.07. The fraction of sp³-hybridized carbons (Fsp3) is 0.211. The molecule has 0 fully saturated rings. The van der Waals surface area contributed by atoms with Gasteiger partial charge in [-0.2, -0.15) is 12.8 Å². The monoisotopic (exact) mass is 389 g/mol. The van der Waals surface area contributed by atoms with E-state index in [1.807, 2.05) is 37.3 Å². The summed E-state index contributed by atoms with van der Waals surface area (Å²) in [5.74, 6) is 0.887. The van der Waals surface area contributed by atoms with Crippen molar-refractivity contribution in [1.82, 2.24) is 0 Å². The zero-order chi connectivity index (χ0) is 18.6. The predicted octanol–water partition coefficient (Wildman–Crippen LogP) is 4.51. The first-order valence-electron chi connectivity index (χ1n) is 8.13. The Bertz CT molecular complexity index is 1010. The normalized spacial score (nSPS) is 11.9. The van der Waals surface area contributed by atoms with Gasteiger partial charge in [-0.15, -0.1) is 11.3 Å². The number of thiophene rings is 1. The highest BCUT2D eigenvalue weighted by molar-refractivity contribution is 7.90. The number of rotatable bonds is 7. The van der Waals surface area contributed by atoms with Crippen LogP contribution in [-0.2, 0) is 10.0 Å². The third-order valence-electron chi connectivity index (χ3n) is 3.66. The first kappa shape index (κ1) is 18.4. The van der Waals surface area contributed by atoms with Crippen molar-refractivity contribution >= 4 is 37.7 Å². The molecule has 0 aliphatic rings. The van der Waals surface area contributed by atoms with Crippen LogP contribution in [0.3, 0.4) is 0 Å². The van der Waals surface area contributed by atoms with E-state index >= 15 is 0 Å². The summed E-state index contributed by atoms with van der Waals surface area (Å²) in [6.07, 6.45) is 2.20. The van der Waals surface area contributed by atoms with E-state index in [0.717, 1.165) is 21.4 Å². The molecule has 26 heavy (non-hydrogen) atoms. The van der Waals surface area contributed by atoms with Crippen molar-refractivity contribution in [3.05, 3.63) is 53.4 Å². The molecular weight excluding hydrogens is 370 g/mol. The first-order valence-corrected chi connectivity index (χ1v) is 10.4. The number of hydrogen-bond acceptors (Lipinski definition) is 5. The van der Waals surface area contributed by atoms with Gasteiger partial charge in [-0.1, -0.05) is 25.1 Å². The summed E-state index contributed by atoms with van der Waals surface area (Å²) in [6, 6.07) is 14.3. The minimum atomic E-state index is -3.83. The van der Waals surface area contributed by atoms with Gasteiger partial charge in [-0.25, -0.2) is 0 Å². The van der Waals surface area contributed by atoms with E-state index in [0.29, 0.717) is 18.1 Å². The van der Waals surface area contributed by atoms with Gasteiger partial charge in [0, 0.05) is 15.6 Å². The van der Waals surface area contributed by atoms with E-state index in [1.54, 1.807) is 6.07 Å². The van der Waals surface area contributed by atoms with Gasteiger partial charge < -0.3 is 9.47 Å². The Morgan fingerprint density at radius 2 is 1.92 bits per heavy atom. The maximum absolute atomic E-state index is 12.6. The van der Waals surface area contributed by atoms with Crippen LogP contribution < -0.4 is 9.47 Å². The van der Waals surface area contributed by atoms with Crippen LogP contribution in [0.25, 0.3) is 10.1 Å². The second-order valence-corrected chi connectivity index (χ2v) is 8.31. The van der Waals surface area contributed by atoms with Crippen LogP contribution in [0.5, 0.6) is 11.5 Å². The van der Waals surface area contributed by atoms with Crippen LogP contribution >= 0.6 is 11.3 Å². The lowest BCUT2D eigenvalue weighted by Gasteiger charge is -2.11. The van der Waals surface area contributed by atoms with Gasteiger partial charge in [0.15, 0.2) is 11.5 Å². The quantitative estimate of drug-likeness (QED) is 0.558. The Kier molecular flexibility index (Phi) is 5.58. The number of benzene rings is 2. The Morgan fingerprint density at radius 3 is 2.65 bits per heavy atom. The molecule has 0 aliphatic heterocycles. The minimum Gasteiger partial charge on any atom is -0.493 e. The van der Waals surface area contributed by atoms with Crippen LogP contribution in [0.1, 0.15) is 18.2 Å². The van der Waals surface area contributed by atoms with Crippen molar-refractivity contribution in [3.63, 3.8) is 0 Å². The molecule has 2 aromatic carbocycles. The number of fused-ring (bicyclic) bond motifs is 1. The Morgan fingerprint density at radius 1 is 1.12 bits per heavy atom. The molecule has 3 rings (SSSR count). The van der Waals surface area contributed by atoms with Crippen LogP contribution in [0.4, 0.5) is 0 Å². The van der Waals surface area contributed by atoms with E-state index in [1.165, 1.54) is 36.8 Å². The van der Waals surface area contributed by atoms with Gasteiger partial charge in [0.2, 0.25) is 0 Å². The van der Waals surface area contributed by atoms with Crippen molar-refractivity contribution in [2.45, 2.75) is 18.2 Å². The van der Waals surface area contributed by atoms with Gasteiger partial charge in [0.1, 0.15) is 0 Å². The van der Waals surface area contributed by atoms with Gasteiger partial charge in [-0.3, -0.25) is 0 Å². The number of nitrogens with zero attached hydrogens (tertiary/aromatic N) is 1. The Labute approximate surface area is 157 Å². The van der Waals surface area contributed by atoms with Gasteiger partial charge in [0.25, 0.3) is 10.0 Å². The molecule has 0 saturated carbocycles. The van der Waals surface area contributed by atoms with Crippen LogP contribution in [-0.4, -0.2) is 28.3 Å². The molecule has 1 heterocycles. The highest BCUT2D eigenvalue weighted by Crippen LogP contribution is 2.31. The number of methoxy groups -OCH3 is 1. The standard InChI is InChI=1S/C19H19NO4S2/c1-3-10-24-18-12-16(8-9-17(18)23-2)26(21,22)20-13-15-11-14-6-4-5-7-19(14)25-15/h4-9,11-13H,3,10H2,1-2H3/b20-13+. The van der Waals surface area contributed by atoms with Crippen molar-refractivity contribution in [1.29, 1.82) is 0 Å². The smallest absolute Gasteiger partial charge is 0.282 e. The van der Waals surface area contributed by atoms with E-state index in [9.17, 15) is 8.42 Å². The number of ether oxygens (including phenoxy) is 2. The summed E-state index contributed by atoms with van der Waals surface area (Å²) in [4.78, 5) is 0.854. The lowest BCUT2D eigenvalue weighted by Crippen LogP contribution is -2.02. The van der Waals surface area contributed by atoms with Crippen molar-refractivity contribution in [3.8, 4) is 11.5 Å². The van der Waals surface area contributed by atoms with Crippen LogP contribution in [0, 0.1) is 0 Å². The Hall–Kier alpha value is -2.38. The summed E-state index contributed by atoms with van der Waals surface area (Å²) < 4.78 is 40.8. The van der Waals surface area contributed by atoms with E-state index in [4.69, 9.17) is 9.47 Å². The molecule has 0 atom stereocenters. The molecule has 0 radical (unpaired) electrons. The Balaban J connectivity index is 1.89. The second-order valence-electron chi connectivity index (χ2n) is 5.56. The molecule has 0 amide bonds. The number of hydrogen-bond donors (Lipinski definition) is 0. The van der Waals surface area contributed by atoms with Gasteiger partial charge >= 0.3 is 0 Å². The average molecular weight is 389 g/mol. The molecular formula is C19H19NO4S2. The molecule has 0 unspecified atom stereocenters. The maximum Gasteiger partial charge on any atom is 0.282 e. The van der Waals surface area contributed by atoms with E-state index in [2.05, 4.69) is 4.40 Å². The highest BCUT2D eigenvalue weighted by Gasteiger charge is 2.16. The van der Waals surface area contributed by atoms with Crippen LogP contribution in [0.15, 0.2) is 57.8 Å². The summed E-state index contributed by atoms with van der Waals surface area (Å²) in [7, 11) is -2.31. The molecule has 1 aromatic heterocycles. The largest absolute Gasteiger partial charge is 0.493 e. The topological polar surface area (TPSA) is 65.0 Å². The molecule has 0 aliphatic carbocycles. The summed E-state index contributed by atoms with van der Waals surface area (Å²) in [5.41, 5.74) is 0. The molecule has 5 nitrogen and oxygen atoms in total. The molecule has 7 heteroatoms. The summed E-state index contributed by atoms with van der Waals surface area (Å²) in [5, 5.41) is 1.07. The zero-order valence-corrected chi connectivity index (χ0v) is 16.1. The predicted molar refractivity (Wildman–Crippen MR) is 105 cm³/mol. The third kappa shape index (κ3) is 4.05. The zero-order valence-electron chi connectivity index (χ0n) is 14.5. The lowest BCUT2D eigenvalue weighted by molar-refractivity contribution is 0.293. The molecule has 0 saturated heterocycles. The van der Waals surface area contributed by atoms with E-state index < -0.39 is 10.0 Å². The minimum absolute atomic E-state index is 0.0711. The summed E-state index contributed by atoms with van der Waals surface area (Å²) >= 11 is 1.50. The molecule has 136 valence electrons. The maximum atomic E-state index is 12.6. The fourth-order valence-electron chi connectivity index (χ4n) is 2.39. The second kappa shape index (κ2) is 7.88. The molecule has 0 N–H and O–H groups in total. The molecule has 3 aromatic rings. The van der Waals surface area contributed by atoms with Crippen molar-refractivity contribution < 1.29 is 17.9 Å². The van der Waals surface area contributed by atoms with Crippen molar-refractivity contribution in [2.24, 2.45) is 4.40 Å². The fourth-order valence-corrected chi connectivity index (χ4v) is 4.26. The van der Waals surface area contributed by atoms with Crippen LogP contribution in [0.2, 0.25) is 0 Å². The number of sulfonamides is 1.